The summed E-state index contributed by atoms with van der Waals surface area (Å²) in [4.78, 5) is 93.6. The number of aliphatic hydroxyl groups is 3. The highest BCUT2D eigenvalue weighted by Gasteiger charge is 2.31. The topological polar surface area (TPSA) is 281 Å². The molecular formula is C37H34N10O9S5. The number of rotatable bonds is 5. The number of thiazole rings is 5. The number of aliphatic hydroxyl groups excluding tert-OH is 3. The molecule has 0 saturated heterocycles. The summed E-state index contributed by atoms with van der Waals surface area (Å²) in [5.41, 5.74) is 1.58. The molecule has 24 heteroatoms. The monoisotopic (exact) mass is 922 g/mol. The molecule has 5 atom stereocenters. The molecule has 7 N–H and O–H groups in total. The van der Waals surface area contributed by atoms with Gasteiger partial charge in [0.1, 0.15) is 71.6 Å². The number of esters is 1. The van der Waals surface area contributed by atoms with Crippen LogP contribution >= 0.6 is 56.7 Å². The smallest absolute Gasteiger partial charge is 0.357 e. The van der Waals surface area contributed by atoms with Gasteiger partial charge in [-0.05, 0) is 32.9 Å². The van der Waals surface area contributed by atoms with Gasteiger partial charge in [0.15, 0.2) is 5.69 Å². The maximum atomic E-state index is 13.6. The van der Waals surface area contributed by atoms with E-state index in [4.69, 9.17) is 14.7 Å². The van der Waals surface area contributed by atoms with Crippen molar-refractivity contribution in [2.24, 2.45) is 0 Å². The Morgan fingerprint density at radius 3 is 1.95 bits per heavy atom. The predicted octanol–water partition coefficient (Wildman–Crippen LogP) is 3.44. The number of pyridine rings is 1. The van der Waals surface area contributed by atoms with E-state index in [9.17, 15) is 39.3 Å². The molecule has 6 aromatic heterocycles. The van der Waals surface area contributed by atoms with Gasteiger partial charge >= 0.3 is 5.97 Å². The zero-order valence-corrected chi connectivity index (χ0v) is 36.3. The average molecular weight is 923 g/mol. The zero-order chi connectivity index (χ0) is 43.5. The summed E-state index contributed by atoms with van der Waals surface area (Å²) in [7, 11) is 1.25. The van der Waals surface area contributed by atoms with E-state index >= 15 is 0 Å². The van der Waals surface area contributed by atoms with Crippen LogP contribution in [0.4, 0.5) is 0 Å². The number of hydrogen-bond donors (Lipinski definition) is 7. The molecule has 0 aromatic carbocycles. The van der Waals surface area contributed by atoms with Crippen molar-refractivity contribution < 1.29 is 44.0 Å². The van der Waals surface area contributed by atoms with Gasteiger partial charge in [0.2, 0.25) is 5.91 Å². The first-order valence-electron chi connectivity index (χ1n) is 18.0. The fraction of sp³-hybridized carbons (Fsp3) is 0.270. The quantitative estimate of drug-likeness (QED) is 0.122. The average Bonchev–Trinajstić information content (AvgIpc) is 4.11. The summed E-state index contributed by atoms with van der Waals surface area (Å²) in [6.45, 7) is 3.87. The highest BCUT2D eigenvalue weighted by atomic mass is 32.1. The molecule has 0 spiro atoms. The lowest BCUT2D eigenvalue weighted by Crippen LogP contribution is -2.52. The standard InChI is InChI=1S/C37H34N10O9S5/c1-5-17-33-43-23(11-59-33)30(53)47-26(15(3)50)36-44-21(12-61-36)28(51)40-19(8-48)35-41-20(9-58-35)27-16(6-7-18(38-27)34-45-24(13-60-34)37(55)56-4)32-42-22(10-57-32)29(52)46-25(14(2)49)31(54)39-17/h5-7,9-15,19,25-26,48-50H,8H2,1-4H3,(H,39,54)(H,40,51)(H,46,52)(H,47,53)/b17-5-/t14-,15-,19+,25+,26+/m1/s1. The normalized spacial score (nSPS) is 19.3. The molecule has 7 heterocycles. The van der Waals surface area contributed by atoms with E-state index in [-0.39, 0.29) is 38.5 Å². The van der Waals surface area contributed by atoms with Crippen molar-refractivity contribution in [2.75, 3.05) is 13.7 Å². The van der Waals surface area contributed by atoms with Gasteiger partial charge in [-0.3, -0.25) is 19.2 Å². The van der Waals surface area contributed by atoms with Gasteiger partial charge in [0.25, 0.3) is 17.7 Å². The van der Waals surface area contributed by atoms with Crippen molar-refractivity contribution in [1.29, 1.82) is 0 Å². The molecule has 0 aliphatic carbocycles. The Bertz CT molecular complexity index is 2660. The Hall–Kier alpha value is -5.73. The predicted molar refractivity (Wildman–Crippen MR) is 227 cm³/mol. The molecular weight excluding hydrogens is 889 g/mol. The number of nitrogens with zero attached hydrogens (tertiary/aromatic N) is 6. The summed E-state index contributed by atoms with van der Waals surface area (Å²) in [6, 6.07) is -0.117. The molecule has 0 fully saturated rings. The van der Waals surface area contributed by atoms with Crippen LogP contribution in [0, 0.1) is 0 Å². The lowest BCUT2D eigenvalue weighted by atomic mass is 10.1. The van der Waals surface area contributed by atoms with E-state index in [1.54, 1.807) is 24.4 Å². The van der Waals surface area contributed by atoms with E-state index < -0.39 is 66.5 Å². The van der Waals surface area contributed by atoms with E-state index in [1.807, 2.05) is 0 Å². The SMILES string of the molecule is C/C=C1\NC(=O)[C@H]([C@@H](C)O)NC(=O)c2csc(n2)-c2ccc(-c3nc(C(=O)OC)cs3)nc2-c2csc(n2)[C@H](CO)NC(=O)c2csc(n2)[C@H]([C@@H](C)O)NC(=O)c2csc1n2. The van der Waals surface area contributed by atoms with Crippen LogP contribution in [0.5, 0.6) is 0 Å². The molecule has 1 aliphatic heterocycles. The number of hydrogen-bond acceptors (Lipinski definition) is 20. The van der Waals surface area contributed by atoms with Crippen LogP contribution < -0.4 is 21.3 Å². The van der Waals surface area contributed by atoms with E-state index in [0.29, 0.717) is 37.7 Å². The van der Waals surface area contributed by atoms with Crippen molar-refractivity contribution in [3.05, 3.63) is 82.9 Å². The molecule has 19 nitrogen and oxygen atoms in total. The number of methoxy groups -OCH3 is 1. The summed E-state index contributed by atoms with van der Waals surface area (Å²) in [5, 5.41) is 51.5. The molecule has 8 bridgehead atoms. The van der Waals surface area contributed by atoms with Crippen LogP contribution in [0.25, 0.3) is 38.4 Å². The van der Waals surface area contributed by atoms with Crippen LogP contribution in [0.3, 0.4) is 0 Å². The van der Waals surface area contributed by atoms with Gasteiger partial charge in [-0.15, -0.1) is 56.7 Å². The summed E-state index contributed by atoms with van der Waals surface area (Å²) < 4.78 is 4.80. The van der Waals surface area contributed by atoms with Gasteiger partial charge in [0.05, 0.1) is 37.3 Å². The number of carbonyl (C=O) groups is 5. The molecule has 0 unspecified atom stereocenters. The van der Waals surface area contributed by atoms with Crippen LogP contribution in [0.15, 0.2) is 45.1 Å². The minimum Gasteiger partial charge on any atom is -0.464 e. The van der Waals surface area contributed by atoms with Crippen LogP contribution in [0.1, 0.15) is 89.8 Å². The maximum absolute atomic E-state index is 13.6. The van der Waals surface area contributed by atoms with E-state index in [2.05, 4.69) is 41.2 Å². The second kappa shape index (κ2) is 18.5. The Labute approximate surface area is 365 Å². The Balaban J connectivity index is 1.30. The number of ether oxygens (including phenoxy) is 1. The van der Waals surface area contributed by atoms with Crippen molar-refractivity contribution in [2.45, 2.75) is 51.1 Å². The van der Waals surface area contributed by atoms with Gasteiger partial charge in [-0.2, -0.15) is 0 Å². The first-order chi connectivity index (χ1) is 29.3. The maximum Gasteiger partial charge on any atom is 0.357 e. The number of carbonyl (C=O) groups excluding carboxylic acids is 5. The van der Waals surface area contributed by atoms with Crippen LogP contribution in [-0.4, -0.2) is 107 Å². The van der Waals surface area contributed by atoms with Gasteiger partial charge in [0, 0.05) is 32.5 Å². The third-order valence-electron chi connectivity index (χ3n) is 8.89. The van der Waals surface area contributed by atoms with Crippen LogP contribution in [0.2, 0.25) is 0 Å². The third kappa shape index (κ3) is 9.30. The molecule has 61 heavy (non-hydrogen) atoms. The molecule has 4 amide bonds. The minimum atomic E-state index is -1.44. The molecule has 316 valence electrons. The minimum absolute atomic E-state index is 0.0348. The number of amides is 4. The fourth-order valence-electron chi connectivity index (χ4n) is 5.73. The zero-order valence-electron chi connectivity index (χ0n) is 32.2. The first kappa shape index (κ1) is 43.4. The summed E-state index contributed by atoms with van der Waals surface area (Å²) >= 11 is 5.47. The molecule has 1 aliphatic rings. The second-order valence-electron chi connectivity index (χ2n) is 13.1. The number of fused-ring (bicyclic) bond motifs is 11. The van der Waals surface area contributed by atoms with Crippen molar-refractivity contribution >= 4 is 92.0 Å². The number of allylic oxidation sites excluding steroid dienone is 1. The fourth-order valence-corrected chi connectivity index (χ4v) is 9.94. The lowest BCUT2D eigenvalue weighted by molar-refractivity contribution is -0.124. The number of nitrogens with one attached hydrogen (secondary N) is 4. The van der Waals surface area contributed by atoms with E-state index in [0.717, 1.165) is 56.7 Å². The van der Waals surface area contributed by atoms with Gasteiger partial charge < -0.3 is 41.3 Å². The highest BCUT2D eigenvalue weighted by molar-refractivity contribution is 7.14. The van der Waals surface area contributed by atoms with E-state index in [1.165, 1.54) is 48.6 Å². The molecule has 6 aromatic rings. The lowest BCUT2D eigenvalue weighted by Gasteiger charge is -2.21. The molecule has 0 saturated carbocycles. The Kier molecular flexibility index (Phi) is 13.1. The van der Waals surface area contributed by atoms with Crippen molar-refractivity contribution in [1.82, 2.24) is 51.2 Å². The molecule has 0 radical (unpaired) electrons. The second-order valence-corrected chi connectivity index (χ2v) is 17.5. The van der Waals surface area contributed by atoms with Crippen molar-refractivity contribution in [3.8, 4) is 32.7 Å². The van der Waals surface area contributed by atoms with Gasteiger partial charge in [-0.1, -0.05) is 6.08 Å². The summed E-state index contributed by atoms with van der Waals surface area (Å²) in [5.74, 6) is -3.48. The Morgan fingerprint density at radius 1 is 0.705 bits per heavy atom. The first-order valence-corrected chi connectivity index (χ1v) is 22.4. The van der Waals surface area contributed by atoms with Crippen molar-refractivity contribution in [3.63, 3.8) is 0 Å². The van der Waals surface area contributed by atoms with Crippen LogP contribution in [-0.2, 0) is 9.53 Å². The highest BCUT2D eigenvalue weighted by Crippen LogP contribution is 2.37. The van der Waals surface area contributed by atoms with Gasteiger partial charge in [-0.25, -0.2) is 34.7 Å². The molecule has 7 rings (SSSR count). The third-order valence-corrected chi connectivity index (χ3v) is 13.4. The number of aromatic nitrogens is 6. The largest absolute Gasteiger partial charge is 0.464 e. The summed E-state index contributed by atoms with van der Waals surface area (Å²) in [6.07, 6.45) is -0.961. The Morgan fingerprint density at radius 2 is 1.28 bits per heavy atom.